The minimum atomic E-state index is -0.153. The van der Waals surface area contributed by atoms with E-state index in [4.69, 9.17) is 4.74 Å². The molecule has 0 saturated heterocycles. The maximum atomic E-state index is 12.5. The van der Waals surface area contributed by atoms with Crippen molar-refractivity contribution in [2.24, 2.45) is 0 Å². The third kappa shape index (κ3) is 2.81. The van der Waals surface area contributed by atoms with Gasteiger partial charge in [-0.3, -0.25) is 4.79 Å². The molecule has 1 heterocycles. The van der Waals surface area contributed by atoms with Crippen LogP contribution in [0.2, 0.25) is 0 Å². The van der Waals surface area contributed by atoms with Crippen molar-refractivity contribution in [3.05, 3.63) is 89.2 Å². The number of rotatable bonds is 2. The highest BCUT2D eigenvalue weighted by molar-refractivity contribution is 6.15. The van der Waals surface area contributed by atoms with E-state index in [1.807, 2.05) is 42.5 Å². The summed E-state index contributed by atoms with van der Waals surface area (Å²) in [5.74, 6) is 0.628. The van der Waals surface area contributed by atoms with Crippen LogP contribution in [0.15, 0.2) is 72.5 Å². The fraction of sp³-hybridized carbons (Fsp3) is 0.0455. The molecule has 1 aliphatic heterocycles. The zero-order chi connectivity index (χ0) is 17.4. The summed E-state index contributed by atoms with van der Waals surface area (Å²) >= 11 is 0. The van der Waals surface area contributed by atoms with E-state index in [0.29, 0.717) is 16.9 Å². The van der Waals surface area contributed by atoms with Gasteiger partial charge < -0.3 is 9.84 Å². The van der Waals surface area contributed by atoms with E-state index < -0.39 is 0 Å². The van der Waals surface area contributed by atoms with Gasteiger partial charge in [-0.1, -0.05) is 54.6 Å². The van der Waals surface area contributed by atoms with Crippen molar-refractivity contribution in [2.45, 2.75) is 6.92 Å². The second-order valence-corrected chi connectivity index (χ2v) is 6.06. The van der Waals surface area contributed by atoms with Gasteiger partial charge in [0.05, 0.1) is 5.56 Å². The fourth-order valence-electron chi connectivity index (χ4n) is 3.04. The van der Waals surface area contributed by atoms with Crippen molar-refractivity contribution in [3.63, 3.8) is 0 Å². The number of allylic oxidation sites excluding steroid dienone is 1. The van der Waals surface area contributed by atoms with Crippen LogP contribution in [0.4, 0.5) is 0 Å². The topological polar surface area (TPSA) is 46.5 Å². The third-order valence-electron chi connectivity index (χ3n) is 4.27. The van der Waals surface area contributed by atoms with Crippen molar-refractivity contribution in [2.75, 3.05) is 0 Å². The number of fused-ring (bicyclic) bond motifs is 1. The lowest BCUT2D eigenvalue weighted by atomic mass is 10.0. The van der Waals surface area contributed by atoms with Crippen LogP contribution < -0.4 is 4.74 Å². The van der Waals surface area contributed by atoms with Gasteiger partial charge in [0.2, 0.25) is 5.78 Å². The van der Waals surface area contributed by atoms with Crippen LogP contribution in [-0.2, 0) is 0 Å². The number of ether oxygens (including phenoxy) is 1. The van der Waals surface area contributed by atoms with Gasteiger partial charge in [0.1, 0.15) is 11.5 Å². The molecule has 0 radical (unpaired) electrons. The number of aromatic hydroxyl groups is 1. The summed E-state index contributed by atoms with van der Waals surface area (Å²) in [5.41, 5.74) is 4.38. The molecule has 0 aliphatic carbocycles. The molecule has 25 heavy (non-hydrogen) atoms. The summed E-state index contributed by atoms with van der Waals surface area (Å²) in [4.78, 5) is 12.5. The van der Waals surface area contributed by atoms with Crippen LogP contribution in [0.25, 0.3) is 17.2 Å². The van der Waals surface area contributed by atoms with Gasteiger partial charge in [0, 0.05) is 6.07 Å². The third-order valence-corrected chi connectivity index (χ3v) is 4.27. The summed E-state index contributed by atoms with van der Waals surface area (Å²) in [5, 5.41) is 9.67. The maximum Gasteiger partial charge on any atom is 0.232 e. The second kappa shape index (κ2) is 5.95. The normalized spacial score (nSPS) is 14.4. The second-order valence-electron chi connectivity index (χ2n) is 6.06. The predicted octanol–water partition coefficient (Wildman–Crippen LogP) is 4.98. The smallest absolute Gasteiger partial charge is 0.232 e. The van der Waals surface area contributed by atoms with Gasteiger partial charge in [0.15, 0.2) is 5.76 Å². The van der Waals surface area contributed by atoms with Gasteiger partial charge in [0.25, 0.3) is 0 Å². The van der Waals surface area contributed by atoms with Crippen LogP contribution >= 0.6 is 0 Å². The number of phenolic OH excluding ortho intramolecular Hbond substituents is 1. The number of hydrogen-bond acceptors (Lipinski definition) is 3. The molecule has 0 atom stereocenters. The Labute approximate surface area is 145 Å². The molecule has 0 fully saturated rings. The number of Topliss-reactive ketones (excluding diaryl/α,β-unsaturated/α-hetero) is 1. The first-order valence-electron chi connectivity index (χ1n) is 8.05. The molecule has 4 rings (SSSR count). The molecule has 0 spiro atoms. The van der Waals surface area contributed by atoms with Crippen LogP contribution in [0.1, 0.15) is 21.5 Å². The fourth-order valence-corrected chi connectivity index (χ4v) is 3.04. The number of hydrogen-bond donors (Lipinski definition) is 1. The Hall–Kier alpha value is -3.33. The van der Waals surface area contributed by atoms with Gasteiger partial charge in [-0.2, -0.15) is 0 Å². The minimum absolute atomic E-state index is 0.0949. The largest absolute Gasteiger partial charge is 0.508 e. The average Bonchev–Trinajstić information content (AvgIpc) is 2.92. The van der Waals surface area contributed by atoms with E-state index in [9.17, 15) is 9.90 Å². The Morgan fingerprint density at radius 3 is 2.32 bits per heavy atom. The number of carbonyl (C=O) groups is 1. The van der Waals surface area contributed by atoms with Crippen molar-refractivity contribution in [3.8, 4) is 22.6 Å². The lowest BCUT2D eigenvalue weighted by Crippen LogP contribution is -1.99. The lowest BCUT2D eigenvalue weighted by molar-refractivity contribution is 0.101. The molecule has 0 aromatic heterocycles. The molecule has 0 saturated carbocycles. The Balaban J connectivity index is 1.64. The van der Waals surface area contributed by atoms with Crippen molar-refractivity contribution in [1.29, 1.82) is 0 Å². The highest BCUT2D eigenvalue weighted by atomic mass is 16.5. The summed E-state index contributed by atoms with van der Waals surface area (Å²) in [6.45, 7) is 1.79. The molecule has 1 N–H and O–H groups in total. The Morgan fingerprint density at radius 2 is 1.60 bits per heavy atom. The molecule has 3 aromatic carbocycles. The molecule has 122 valence electrons. The minimum Gasteiger partial charge on any atom is -0.508 e. The molecule has 3 nitrogen and oxygen atoms in total. The molecular weight excluding hydrogens is 312 g/mol. The van der Waals surface area contributed by atoms with Crippen LogP contribution in [0.3, 0.4) is 0 Å². The van der Waals surface area contributed by atoms with E-state index in [-0.39, 0.29) is 17.3 Å². The van der Waals surface area contributed by atoms with Gasteiger partial charge in [-0.05, 0) is 41.3 Å². The average molecular weight is 328 g/mol. The molecule has 3 aromatic rings. The number of ketones is 1. The number of benzene rings is 3. The summed E-state index contributed by atoms with van der Waals surface area (Å²) in [7, 11) is 0. The van der Waals surface area contributed by atoms with Gasteiger partial charge in [-0.25, -0.2) is 0 Å². The number of phenols is 1. The Kier molecular flexibility index (Phi) is 3.62. The van der Waals surface area contributed by atoms with E-state index >= 15 is 0 Å². The van der Waals surface area contributed by atoms with E-state index in [0.717, 1.165) is 16.7 Å². The summed E-state index contributed by atoms with van der Waals surface area (Å²) < 4.78 is 5.65. The lowest BCUT2D eigenvalue weighted by Gasteiger charge is -2.03. The standard InChI is InChI=1S/C22H16O3/c1-14-11-18(23)13-19-21(14)22(24)20(25-19)12-15-7-9-17(10-8-15)16-5-3-2-4-6-16/h2-13,23H,1H3/b20-12+. The van der Waals surface area contributed by atoms with Gasteiger partial charge in [-0.15, -0.1) is 0 Å². The first-order valence-corrected chi connectivity index (χ1v) is 8.05. The Bertz CT molecular complexity index is 984. The predicted molar refractivity (Wildman–Crippen MR) is 97.7 cm³/mol. The van der Waals surface area contributed by atoms with E-state index in [2.05, 4.69) is 12.1 Å². The van der Waals surface area contributed by atoms with Crippen molar-refractivity contribution < 1.29 is 14.6 Å². The van der Waals surface area contributed by atoms with E-state index in [1.54, 1.807) is 19.1 Å². The van der Waals surface area contributed by atoms with Gasteiger partial charge >= 0.3 is 0 Å². The van der Waals surface area contributed by atoms with Crippen LogP contribution in [0.5, 0.6) is 11.5 Å². The zero-order valence-corrected chi connectivity index (χ0v) is 13.7. The zero-order valence-electron chi connectivity index (χ0n) is 13.7. The molecule has 3 heteroatoms. The molecular formula is C22H16O3. The monoisotopic (exact) mass is 328 g/mol. The van der Waals surface area contributed by atoms with Crippen molar-refractivity contribution in [1.82, 2.24) is 0 Å². The molecule has 0 bridgehead atoms. The Morgan fingerprint density at radius 1 is 0.920 bits per heavy atom. The van der Waals surface area contributed by atoms with Crippen LogP contribution in [0, 0.1) is 6.92 Å². The first kappa shape index (κ1) is 15.2. The number of aryl methyl sites for hydroxylation is 1. The highest BCUT2D eigenvalue weighted by Crippen LogP contribution is 2.37. The first-order chi connectivity index (χ1) is 12.1. The van der Waals surface area contributed by atoms with E-state index in [1.165, 1.54) is 6.07 Å². The van der Waals surface area contributed by atoms with Crippen molar-refractivity contribution >= 4 is 11.9 Å². The molecule has 0 unspecified atom stereocenters. The summed E-state index contributed by atoms with van der Waals surface area (Å²) in [6, 6.07) is 21.1. The molecule has 1 aliphatic rings. The maximum absolute atomic E-state index is 12.5. The number of carbonyl (C=O) groups excluding carboxylic acids is 1. The molecule has 0 amide bonds. The summed E-state index contributed by atoms with van der Waals surface area (Å²) in [6.07, 6.45) is 1.73. The SMILES string of the molecule is Cc1cc(O)cc2c1C(=O)/C(=C\c1ccc(-c3ccccc3)cc1)O2. The quantitative estimate of drug-likeness (QED) is 0.675. The van der Waals surface area contributed by atoms with Crippen LogP contribution in [-0.4, -0.2) is 10.9 Å². The highest BCUT2D eigenvalue weighted by Gasteiger charge is 2.29.